The molecule has 2 unspecified atom stereocenters. The van der Waals surface area contributed by atoms with Gasteiger partial charge in [0.05, 0.1) is 11.3 Å². The van der Waals surface area contributed by atoms with Gasteiger partial charge in [-0.05, 0) is 53.4 Å². The van der Waals surface area contributed by atoms with Gasteiger partial charge >= 0.3 is 6.18 Å². The van der Waals surface area contributed by atoms with Crippen molar-refractivity contribution in [1.29, 1.82) is 0 Å². The summed E-state index contributed by atoms with van der Waals surface area (Å²) in [5, 5.41) is 12.5. The SMILES string of the molecule is CC(O)(c1ccc(NC(=O)C2c3ccc(S(C)(=O)=O)cc3CN2C(=O)Cc2ccccc2)cc1)C(F)(F)F. The van der Waals surface area contributed by atoms with Crippen LogP contribution in [0.5, 0.6) is 0 Å². The van der Waals surface area contributed by atoms with E-state index >= 15 is 0 Å². The molecule has 1 heterocycles. The van der Waals surface area contributed by atoms with E-state index in [0.29, 0.717) is 18.1 Å². The smallest absolute Gasteiger partial charge is 0.376 e. The van der Waals surface area contributed by atoms with Crippen LogP contribution in [0.3, 0.4) is 0 Å². The number of amides is 2. The second-order valence-electron chi connectivity index (χ2n) is 9.36. The maximum absolute atomic E-state index is 13.4. The van der Waals surface area contributed by atoms with E-state index in [1.807, 2.05) is 6.07 Å². The Hall–Kier alpha value is -3.70. The third kappa shape index (κ3) is 5.44. The molecule has 0 aliphatic carbocycles. The lowest BCUT2D eigenvalue weighted by Gasteiger charge is -2.27. The van der Waals surface area contributed by atoms with Gasteiger partial charge in [0.25, 0.3) is 5.91 Å². The number of sulfone groups is 1. The average molecular weight is 547 g/mol. The fourth-order valence-electron chi connectivity index (χ4n) is 4.30. The number of halogens is 3. The number of aliphatic hydroxyl groups is 1. The molecule has 0 saturated heterocycles. The largest absolute Gasteiger partial charge is 0.421 e. The molecule has 0 spiro atoms. The van der Waals surface area contributed by atoms with Crippen LogP contribution >= 0.6 is 0 Å². The van der Waals surface area contributed by atoms with Crippen molar-refractivity contribution in [2.45, 2.75) is 42.6 Å². The summed E-state index contributed by atoms with van der Waals surface area (Å²) in [5.41, 5.74) is -1.62. The molecular weight excluding hydrogens is 521 g/mol. The Labute approximate surface area is 217 Å². The lowest BCUT2D eigenvalue weighted by Crippen LogP contribution is -2.39. The average Bonchev–Trinajstić information content (AvgIpc) is 3.23. The van der Waals surface area contributed by atoms with Crippen LogP contribution in [0.1, 0.15) is 35.2 Å². The van der Waals surface area contributed by atoms with E-state index in [0.717, 1.165) is 24.0 Å². The van der Waals surface area contributed by atoms with Crippen molar-refractivity contribution >= 4 is 27.3 Å². The Balaban J connectivity index is 1.63. The molecule has 0 aromatic heterocycles. The molecule has 0 bridgehead atoms. The van der Waals surface area contributed by atoms with Crippen molar-refractivity contribution in [3.05, 3.63) is 95.1 Å². The molecule has 3 aromatic rings. The molecular formula is C27H25F3N2O5S. The highest BCUT2D eigenvalue weighted by molar-refractivity contribution is 7.90. The van der Waals surface area contributed by atoms with Gasteiger partial charge in [-0.15, -0.1) is 0 Å². The van der Waals surface area contributed by atoms with E-state index in [1.54, 1.807) is 24.3 Å². The molecule has 7 nitrogen and oxygen atoms in total. The van der Waals surface area contributed by atoms with Crippen LogP contribution in [0, 0.1) is 0 Å². The Morgan fingerprint density at radius 2 is 1.66 bits per heavy atom. The lowest BCUT2D eigenvalue weighted by atomic mass is 9.95. The fraction of sp³-hybridized carbons (Fsp3) is 0.259. The third-order valence-electron chi connectivity index (χ3n) is 6.52. The summed E-state index contributed by atoms with van der Waals surface area (Å²) in [6.07, 6.45) is -3.82. The molecule has 3 aromatic carbocycles. The predicted molar refractivity (Wildman–Crippen MR) is 134 cm³/mol. The van der Waals surface area contributed by atoms with Gasteiger partial charge in [-0.3, -0.25) is 9.59 Å². The quantitative estimate of drug-likeness (QED) is 0.484. The Kier molecular flexibility index (Phi) is 7.11. The molecule has 11 heteroatoms. The van der Waals surface area contributed by atoms with Crippen LogP contribution in [0.15, 0.2) is 77.7 Å². The summed E-state index contributed by atoms with van der Waals surface area (Å²) >= 11 is 0. The summed E-state index contributed by atoms with van der Waals surface area (Å²) in [5.74, 6) is -0.974. The maximum atomic E-state index is 13.4. The molecule has 2 N–H and O–H groups in total. The Bertz CT molecular complexity index is 1470. The first-order chi connectivity index (χ1) is 17.7. The molecule has 0 radical (unpaired) electrons. The number of hydrogen-bond donors (Lipinski definition) is 2. The molecule has 2 amide bonds. The number of carbonyl (C=O) groups is 2. The molecule has 38 heavy (non-hydrogen) atoms. The van der Waals surface area contributed by atoms with Crippen LogP contribution in [0.4, 0.5) is 18.9 Å². The van der Waals surface area contributed by atoms with E-state index in [1.165, 1.54) is 35.2 Å². The maximum Gasteiger partial charge on any atom is 0.421 e. The van der Waals surface area contributed by atoms with Crippen molar-refractivity contribution < 1.29 is 36.3 Å². The Morgan fingerprint density at radius 3 is 2.24 bits per heavy atom. The van der Waals surface area contributed by atoms with Crippen LogP contribution in [-0.2, 0) is 38.0 Å². The fourth-order valence-corrected chi connectivity index (χ4v) is 4.97. The number of alkyl halides is 3. The van der Waals surface area contributed by atoms with Crippen molar-refractivity contribution in [3.63, 3.8) is 0 Å². The summed E-state index contributed by atoms with van der Waals surface area (Å²) in [6, 6.07) is 16.7. The van der Waals surface area contributed by atoms with Crippen molar-refractivity contribution in [1.82, 2.24) is 4.90 Å². The van der Waals surface area contributed by atoms with Gasteiger partial charge in [-0.2, -0.15) is 13.2 Å². The molecule has 1 aliphatic rings. The minimum atomic E-state index is -4.89. The van der Waals surface area contributed by atoms with Gasteiger partial charge in [0, 0.05) is 18.5 Å². The van der Waals surface area contributed by atoms with E-state index in [9.17, 15) is 36.3 Å². The van der Waals surface area contributed by atoms with Crippen LogP contribution in [-0.4, -0.2) is 42.7 Å². The standard InChI is InChI=1S/C27H25F3N2O5S/c1-26(35,27(28,29)30)19-8-10-20(11-9-19)31-25(34)24-22-13-12-21(38(2,36)37)15-18(22)16-32(24)23(33)14-17-6-4-3-5-7-17/h3-13,15,24,35H,14,16H2,1-2H3,(H,31,34). The zero-order valence-corrected chi connectivity index (χ0v) is 21.3. The molecule has 0 fully saturated rings. The number of nitrogens with one attached hydrogen (secondary N) is 1. The normalized spacial score (nSPS) is 17.0. The summed E-state index contributed by atoms with van der Waals surface area (Å²) in [6.45, 7) is 0.646. The Morgan fingerprint density at radius 1 is 1.03 bits per heavy atom. The highest BCUT2D eigenvalue weighted by Gasteiger charge is 2.51. The zero-order chi connectivity index (χ0) is 27.9. The van der Waals surface area contributed by atoms with E-state index in [-0.39, 0.29) is 29.5 Å². The van der Waals surface area contributed by atoms with Gasteiger partial charge in [0.1, 0.15) is 6.04 Å². The van der Waals surface area contributed by atoms with Crippen molar-refractivity contribution in [2.24, 2.45) is 0 Å². The van der Waals surface area contributed by atoms with Gasteiger partial charge in [0.2, 0.25) is 5.91 Å². The van der Waals surface area contributed by atoms with Crippen LogP contribution in [0.2, 0.25) is 0 Å². The van der Waals surface area contributed by atoms with Crippen molar-refractivity contribution in [3.8, 4) is 0 Å². The van der Waals surface area contributed by atoms with Crippen LogP contribution < -0.4 is 5.32 Å². The first-order valence-electron chi connectivity index (χ1n) is 11.6. The number of rotatable bonds is 6. The minimum absolute atomic E-state index is 0.00976. The second-order valence-corrected chi connectivity index (χ2v) is 11.4. The number of benzene rings is 3. The molecule has 2 atom stereocenters. The molecule has 0 saturated carbocycles. The van der Waals surface area contributed by atoms with Gasteiger partial charge in [-0.1, -0.05) is 48.5 Å². The van der Waals surface area contributed by atoms with Gasteiger partial charge in [-0.25, -0.2) is 8.42 Å². The highest BCUT2D eigenvalue weighted by atomic mass is 32.2. The summed E-state index contributed by atoms with van der Waals surface area (Å²) in [4.78, 5) is 28.1. The van der Waals surface area contributed by atoms with Gasteiger partial charge < -0.3 is 15.3 Å². The topological polar surface area (TPSA) is 104 Å². The van der Waals surface area contributed by atoms with Crippen molar-refractivity contribution in [2.75, 3.05) is 11.6 Å². The second kappa shape index (κ2) is 9.88. The summed E-state index contributed by atoms with van der Waals surface area (Å²) < 4.78 is 63.6. The molecule has 4 rings (SSSR count). The van der Waals surface area contributed by atoms with E-state index < -0.39 is 39.1 Å². The van der Waals surface area contributed by atoms with E-state index in [2.05, 4.69) is 5.32 Å². The van der Waals surface area contributed by atoms with Gasteiger partial charge in [0.15, 0.2) is 15.4 Å². The zero-order valence-electron chi connectivity index (χ0n) is 20.5. The minimum Gasteiger partial charge on any atom is -0.376 e. The lowest BCUT2D eigenvalue weighted by molar-refractivity contribution is -0.258. The van der Waals surface area contributed by atoms with E-state index in [4.69, 9.17) is 0 Å². The number of anilines is 1. The number of nitrogens with zero attached hydrogens (tertiary/aromatic N) is 1. The first kappa shape index (κ1) is 27.3. The predicted octanol–water partition coefficient (Wildman–Crippen LogP) is 4.12. The number of hydrogen-bond acceptors (Lipinski definition) is 5. The summed E-state index contributed by atoms with van der Waals surface area (Å²) in [7, 11) is -3.53. The molecule has 1 aliphatic heterocycles. The highest BCUT2D eigenvalue weighted by Crippen LogP contribution is 2.39. The third-order valence-corrected chi connectivity index (χ3v) is 7.63. The first-order valence-corrected chi connectivity index (χ1v) is 13.4. The molecule has 200 valence electrons. The monoisotopic (exact) mass is 546 g/mol. The number of fused-ring (bicyclic) bond motifs is 1. The number of carbonyl (C=O) groups excluding carboxylic acids is 2. The van der Waals surface area contributed by atoms with Crippen LogP contribution in [0.25, 0.3) is 0 Å².